The van der Waals surface area contributed by atoms with Gasteiger partial charge in [-0.1, -0.05) is 13.0 Å². The molecule has 0 fully saturated rings. The van der Waals surface area contributed by atoms with Gasteiger partial charge >= 0.3 is 5.97 Å². The number of rotatable bonds is 6. The number of sulfone groups is 1. The number of aromatic carboxylic acids is 1. The number of carbonyl (C=O) groups excluding carboxylic acids is 1. The van der Waals surface area contributed by atoms with E-state index < -0.39 is 27.5 Å². The Labute approximate surface area is 139 Å². The summed E-state index contributed by atoms with van der Waals surface area (Å²) < 4.78 is 24.4. The maximum atomic E-state index is 11.8. The van der Waals surface area contributed by atoms with E-state index >= 15 is 0 Å². The van der Waals surface area contributed by atoms with Crippen LogP contribution in [0.3, 0.4) is 0 Å². The third-order valence-electron chi connectivity index (χ3n) is 3.41. The molecule has 2 rings (SSSR count). The zero-order valence-electron chi connectivity index (χ0n) is 13.2. The fourth-order valence-corrected chi connectivity index (χ4v) is 2.77. The Kier molecular flexibility index (Phi) is 5.03. The van der Waals surface area contributed by atoms with E-state index in [9.17, 15) is 18.0 Å². The van der Waals surface area contributed by atoms with E-state index in [2.05, 4.69) is 10.4 Å². The first-order valence-corrected chi connectivity index (χ1v) is 8.94. The first-order valence-electron chi connectivity index (χ1n) is 7.12. The number of carbonyl (C=O) groups is 2. The van der Waals surface area contributed by atoms with Gasteiger partial charge in [0.25, 0.3) is 0 Å². The molecular formula is C15H17N3O5S. The van der Waals surface area contributed by atoms with Crippen molar-refractivity contribution >= 4 is 27.4 Å². The number of carboxylic acids is 1. The topological polar surface area (TPSA) is 118 Å². The molecule has 0 aliphatic heterocycles. The molecule has 0 saturated heterocycles. The SMILES string of the molecule is CCS(=O)(=O)CC(=O)Nc1cccc(-n2ncc(C(=O)O)c2C)c1. The summed E-state index contributed by atoms with van der Waals surface area (Å²) in [7, 11) is -3.41. The third kappa shape index (κ3) is 3.99. The third-order valence-corrected chi connectivity index (χ3v) is 4.99. The van der Waals surface area contributed by atoms with Crippen molar-refractivity contribution in [1.29, 1.82) is 0 Å². The van der Waals surface area contributed by atoms with Gasteiger partial charge in [-0.05, 0) is 25.1 Å². The molecule has 0 aliphatic carbocycles. The lowest BCUT2D eigenvalue weighted by atomic mass is 10.2. The Balaban J connectivity index is 2.24. The predicted octanol–water partition coefficient (Wildman–Crippen LogP) is 1.25. The van der Waals surface area contributed by atoms with Gasteiger partial charge in [0.05, 0.1) is 17.6 Å². The average Bonchev–Trinajstić information content (AvgIpc) is 2.88. The van der Waals surface area contributed by atoms with Crippen LogP contribution in [0.5, 0.6) is 0 Å². The molecule has 1 heterocycles. The van der Waals surface area contributed by atoms with Crippen molar-refractivity contribution in [2.75, 3.05) is 16.8 Å². The van der Waals surface area contributed by atoms with Crippen LogP contribution in [0.2, 0.25) is 0 Å². The van der Waals surface area contributed by atoms with Gasteiger partial charge in [-0.3, -0.25) is 4.79 Å². The Hall–Kier alpha value is -2.68. The minimum absolute atomic E-state index is 0.0819. The molecule has 1 amide bonds. The van der Waals surface area contributed by atoms with Gasteiger partial charge < -0.3 is 10.4 Å². The molecule has 24 heavy (non-hydrogen) atoms. The molecule has 2 aromatic rings. The van der Waals surface area contributed by atoms with Gasteiger partial charge in [0.1, 0.15) is 11.3 Å². The molecule has 0 atom stereocenters. The zero-order valence-corrected chi connectivity index (χ0v) is 14.0. The van der Waals surface area contributed by atoms with Crippen LogP contribution in [-0.2, 0) is 14.6 Å². The molecular weight excluding hydrogens is 334 g/mol. The van der Waals surface area contributed by atoms with Crippen molar-refractivity contribution in [3.05, 3.63) is 41.7 Å². The monoisotopic (exact) mass is 351 g/mol. The van der Waals surface area contributed by atoms with E-state index in [4.69, 9.17) is 5.11 Å². The lowest BCUT2D eigenvalue weighted by Crippen LogP contribution is -2.24. The summed E-state index contributed by atoms with van der Waals surface area (Å²) in [5.74, 6) is -2.40. The van der Waals surface area contributed by atoms with Crippen molar-refractivity contribution in [2.45, 2.75) is 13.8 Å². The van der Waals surface area contributed by atoms with E-state index in [1.165, 1.54) is 17.8 Å². The molecule has 1 aromatic carbocycles. The molecule has 0 spiro atoms. The number of nitrogens with zero attached hydrogens (tertiary/aromatic N) is 2. The first-order chi connectivity index (χ1) is 11.2. The molecule has 0 aliphatic rings. The molecule has 1 aromatic heterocycles. The average molecular weight is 351 g/mol. The van der Waals surface area contributed by atoms with E-state index in [0.29, 0.717) is 17.1 Å². The minimum atomic E-state index is -3.41. The first kappa shape index (κ1) is 17.7. The van der Waals surface area contributed by atoms with Crippen molar-refractivity contribution in [3.63, 3.8) is 0 Å². The van der Waals surface area contributed by atoms with Gasteiger partial charge in [-0.2, -0.15) is 5.10 Å². The molecule has 0 radical (unpaired) electrons. The summed E-state index contributed by atoms with van der Waals surface area (Å²) in [4.78, 5) is 22.9. The Bertz CT molecular complexity index is 886. The van der Waals surface area contributed by atoms with Crippen LogP contribution >= 0.6 is 0 Å². The number of nitrogens with one attached hydrogen (secondary N) is 1. The Morgan fingerprint density at radius 1 is 1.33 bits per heavy atom. The van der Waals surface area contributed by atoms with Crippen LogP contribution in [0, 0.1) is 6.92 Å². The second-order valence-electron chi connectivity index (χ2n) is 5.14. The molecule has 8 nitrogen and oxygen atoms in total. The molecule has 0 unspecified atom stereocenters. The summed E-state index contributed by atoms with van der Waals surface area (Å²) in [6.07, 6.45) is 1.25. The van der Waals surface area contributed by atoms with Crippen LogP contribution in [0.4, 0.5) is 5.69 Å². The lowest BCUT2D eigenvalue weighted by Gasteiger charge is -2.09. The quantitative estimate of drug-likeness (QED) is 0.808. The van der Waals surface area contributed by atoms with Gasteiger partial charge in [0.15, 0.2) is 9.84 Å². The second kappa shape index (κ2) is 6.83. The van der Waals surface area contributed by atoms with Gasteiger partial charge in [0, 0.05) is 11.4 Å². The highest BCUT2D eigenvalue weighted by Crippen LogP contribution is 2.18. The second-order valence-corrected chi connectivity index (χ2v) is 7.49. The van der Waals surface area contributed by atoms with Crippen LogP contribution in [0.25, 0.3) is 5.69 Å². The van der Waals surface area contributed by atoms with Crippen molar-refractivity contribution in [3.8, 4) is 5.69 Å². The largest absolute Gasteiger partial charge is 0.478 e. The van der Waals surface area contributed by atoms with E-state index in [0.717, 1.165) is 0 Å². The fourth-order valence-electron chi connectivity index (χ4n) is 2.09. The summed E-state index contributed by atoms with van der Waals surface area (Å²) in [5.41, 5.74) is 1.48. The molecule has 128 valence electrons. The van der Waals surface area contributed by atoms with E-state index in [1.54, 1.807) is 31.2 Å². The zero-order chi connectivity index (χ0) is 17.9. The van der Waals surface area contributed by atoms with Crippen LogP contribution in [0.1, 0.15) is 23.0 Å². The number of hydrogen-bond acceptors (Lipinski definition) is 5. The Morgan fingerprint density at radius 2 is 2.04 bits per heavy atom. The maximum absolute atomic E-state index is 11.8. The highest BCUT2D eigenvalue weighted by molar-refractivity contribution is 7.92. The van der Waals surface area contributed by atoms with Crippen LogP contribution in [-0.4, -0.2) is 46.7 Å². The van der Waals surface area contributed by atoms with Gasteiger partial charge in [-0.15, -0.1) is 0 Å². The number of benzene rings is 1. The number of aromatic nitrogens is 2. The van der Waals surface area contributed by atoms with Crippen LogP contribution in [0.15, 0.2) is 30.5 Å². The van der Waals surface area contributed by atoms with Crippen molar-refractivity contribution in [2.24, 2.45) is 0 Å². The number of amides is 1. The molecule has 2 N–H and O–H groups in total. The standard InChI is InChI=1S/C15H17N3O5S/c1-3-24(22,23)9-14(19)17-11-5-4-6-12(7-11)18-10(2)13(8-16-18)15(20)21/h4-8H,3,9H2,1-2H3,(H,17,19)(H,20,21). The van der Waals surface area contributed by atoms with Crippen molar-refractivity contribution in [1.82, 2.24) is 9.78 Å². The summed E-state index contributed by atoms with van der Waals surface area (Å²) in [6.45, 7) is 3.10. The molecule has 0 bridgehead atoms. The van der Waals surface area contributed by atoms with E-state index in [-0.39, 0.29) is 11.3 Å². The number of carboxylic acid groups (broad SMARTS) is 1. The van der Waals surface area contributed by atoms with Crippen molar-refractivity contribution < 1.29 is 23.1 Å². The lowest BCUT2D eigenvalue weighted by molar-refractivity contribution is -0.113. The highest BCUT2D eigenvalue weighted by atomic mass is 32.2. The summed E-state index contributed by atoms with van der Waals surface area (Å²) in [5, 5.41) is 15.6. The predicted molar refractivity (Wildman–Crippen MR) is 88.2 cm³/mol. The highest BCUT2D eigenvalue weighted by Gasteiger charge is 2.16. The Morgan fingerprint density at radius 3 is 2.62 bits per heavy atom. The molecule has 9 heteroatoms. The van der Waals surface area contributed by atoms with Gasteiger partial charge in [0.2, 0.25) is 5.91 Å². The van der Waals surface area contributed by atoms with Crippen LogP contribution < -0.4 is 5.32 Å². The van der Waals surface area contributed by atoms with E-state index in [1.807, 2.05) is 0 Å². The van der Waals surface area contributed by atoms with Gasteiger partial charge in [-0.25, -0.2) is 17.9 Å². The minimum Gasteiger partial charge on any atom is -0.478 e. The smallest absolute Gasteiger partial charge is 0.339 e. The molecule has 0 saturated carbocycles. The summed E-state index contributed by atoms with van der Waals surface area (Å²) >= 11 is 0. The normalized spacial score (nSPS) is 11.2. The number of hydrogen-bond donors (Lipinski definition) is 2. The summed E-state index contributed by atoms with van der Waals surface area (Å²) in [6, 6.07) is 6.55. The fraction of sp³-hybridized carbons (Fsp3) is 0.267. The maximum Gasteiger partial charge on any atom is 0.339 e. The number of anilines is 1.